The number of rotatable bonds is 6. The molecule has 3 rings (SSSR count). The molecule has 22 heavy (non-hydrogen) atoms. The van der Waals surface area contributed by atoms with Crippen molar-refractivity contribution in [1.82, 2.24) is 5.32 Å². The number of methoxy groups -OCH3 is 1. The SMILES string of the molecule is COCC1(C(=O)NC(c2ccc(F)cc2)C2CC(O)C2)CC1. The molecule has 1 atom stereocenters. The van der Waals surface area contributed by atoms with Crippen molar-refractivity contribution in [3.05, 3.63) is 35.6 Å². The van der Waals surface area contributed by atoms with Crippen LogP contribution in [0.4, 0.5) is 4.39 Å². The summed E-state index contributed by atoms with van der Waals surface area (Å²) >= 11 is 0. The van der Waals surface area contributed by atoms with Crippen molar-refractivity contribution in [3.63, 3.8) is 0 Å². The number of ether oxygens (including phenoxy) is 1. The Morgan fingerprint density at radius 2 is 2.05 bits per heavy atom. The molecule has 120 valence electrons. The van der Waals surface area contributed by atoms with Crippen LogP contribution in [-0.2, 0) is 9.53 Å². The van der Waals surface area contributed by atoms with E-state index in [-0.39, 0.29) is 29.8 Å². The summed E-state index contributed by atoms with van der Waals surface area (Å²) in [6, 6.07) is 6.06. The summed E-state index contributed by atoms with van der Waals surface area (Å²) in [4.78, 5) is 12.6. The minimum Gasteiger partial charge on any atom is -0.393 e. The maximum Gasteiger partial charge on any atom is 0.229 e. The fraction of sp³-hybridized carbons (Fsp3) is 0.588. The third-order valence-electron chi connectivity index (χ3n) is 4.89. The van der Waals surface area contributed by atoms with Crippen molar-refractivity contribution < 1.29 is 19.0 Å². The highest BCUT2D eigenvalue weighted by Gasteiger charge is 2.51. The predicted octanol–water partition coefficient (Wildman–Crippen LogP) is 2.18. The fourth-order valence-corrected chi connectivity index (χ4v) is 3.20. The van der Waals surface area contributed by atoms with E-state index >= 15 is 0 Å². The van der Waals surface area contributed by atoms with E-state index in [1.54, 1.807) is 19.2 Å². The second-order valence-corrected chi connectivity index (χ2v) is 6.60. The minimum atomic E-state index is -0.393. The highest BCUT2D eigenvalue weighted by molar-refractivity contribution is 5.85. The van der Waals surface area contributed by atoms with Gasteiger partial charge in [-0.25, -0.2) is 4.39 Å². The number of carbonyl (C=O) groups excluding carboxylic acids is 1. The first-order valence-electron chi connectivity index (χ1n) is 7.77. The Morgan fingerprint density at radius 1 is 1.41 bits per heavy atom. The summed E-state index contributed by atoms with van der Waals surface area (Å²) in [5.74, 6) is -0.0895. The van der Waals surface area contributed by atoms with Gasteiger partial charge in [0.2, 0.25) is 5.91 Å². The smallest absolute Gasteiger partial charge is 0.229 e. The van der Waals surface area contributed by atoms with Crippen LogP contribution in [0, 0.1) is 17.2 Å². The van der Waals surface area contributed by atoms with E-state index in [4.69, 9.17) is 4.74 Å². The molecule has 0 bridgehead atoms. The Labute approximate surface area is 129 Å². The largest absolute Gasteiger partial charge is 0.393 e. The van der Waals surface area contributed by atoms with Crippen molar-refractivity contribution >= 4 is 5.91 Å². The predicted molar refractivity (Wildman–Crippen MR) is 79.6 cm³/mol. The third kappa shape index (κ3) is 3.01. The van der Waals surface area contributed by atoms with Gasteiger partial charge in [0.05, 0.1) is 24.2 Å². The average molecular weight is 307 g/mol. The van der Waals surface area contributed by atoms with Crippen LogP contribution in [0.1, 0.15) is 37.3 Å². The highest BCUT2D eigenvalue weighted by atomic mass is 19.1. The molecule has 2 fully saturated rings. The van der Waals surface area contributed by atoms with E-state index in [1.807, 2.05) is 0 Å². The van der Waals surface area contributed by atoms with Crippen molar-refractivity contribution in [2.75, 3.05) is 13.7 Å². The first-order chi connectivity index (χ1) is 10.5. The van der Waals surface area contributed by atoms with Gasteiger partial charge in [0.1, 0.15) is 5.82 Å². The van der Waals surface area contributed by atoms with Gasteiger partial charge in [-0.2, -0.15) is 0 Å². The Kier molecular flexibility index (Phi) is 4.19. The first-order valence-corrected chi connectivity index (χ1v) is 7.77. The molecular weight excluding hydrogens is 285 g/mol. The molecule has 2 N–H and O–H groups in total. The standard InChI is InChI=1S/C17H22FNO3/c1-22-10-17(6-7-17)16(21)19-15(12-8-14(20)9-12)11-2-4-13(18)5-3-11/h2-5,12,14-15,20H,6-10H2,1H3,(H,19,21). The fourth-order valence-electron chi connectivity index (χ4n) is 3.20. The first kappa shape index (κ1) is 15.4. The maximum absolute atomic E-state index is 13.1. The zero-order valence-electron chi connectivity index (χ0n) is 12.7. The number of aliphatic hydroxyl groups excluding tert-OH is 1. The molecule has 0 saturated heterocycles. The van der Waals surface area contributed by atoms with Gasteiger partial charge in [0, 0.05) is 7.11 Å². The van der Waals surface area contributed by atoms with Crippen LogP contribution < -0.4 is 5.32 Å². The Bertz CT molecular complexity index is 535. The molecule has 2 aliphatic carbocycles. The van der Waals surface area contributed by atoms with Gasteiger partial charge in [0.15, 0.2) is 0 Å². The number of nitrogens with one attached hydrogen (secondary N) is 1. The van der Waals surface area contributed by atoms with Crippen LogP contribution in [-0.4, -0.2) is 30.8 Å². The Morgan fingerprint density at radius 3 is 2.55 bits per heavy atom. The molecule has 0 spiro atoms. The minimum absolute atomic E-state index is 0.00469. The van der Waals surface area contributed by atoms with E-state index < -0.39 is 5.41 Å². The van der Waals surface area contributed by atoms with E-state index in [0.717, 1.165) is 18.4 Å². The molecule has 4 nitrogen and oxygen atoms in total. The van der Waals surface area contributed by atoms with Crippen molar-refractivity contribution in [2.24, 2.45) is 11.3 Å². The molecule has 1 amide bonds. The highest BCUT2D eigenvalue weighted by Crippen LogP contribution is 2.47. The molecule has 1 aromatic rings. The van der Waals surface area contributed by atoms with Gasteiger partial charge in [-0.05, 0) is 49.3 Å². The zero-order chi connectivity index (χ0) is 15.7. The normalized spacial score (nSPS) is 26.9. The zero-order valence-corrected chi connectivity index (χ0v) is 12.7. The molecule has 0 aliphatic heterocycles. The number of benzene rings is 1. The molecule has 0 radical (unpaired) electrons. The van der Waals surface area contributed by atoms with Gasteiger partial charge in [-0.15, -0.1) is 0 Å². The van der Waals surface area contributed by atoms with E-state index in [1.165, 1.54) is 12.1 Å². The van der Waals surface area contributed by atoms with Crippen LogP contribution in [0.5, 0.6) is 0 Å². The number of halogens is 1. The second-order valence-electron chi connectivity index (χ2n) is 6.60. The second kappa shape index (κ2) is 5.97. The lowest BCUT2D eigenvalue weighted by molar-refractivity contribution is -0.130. The quantitative estimate of drug-likeness (QED) is 0.847. The summed E-state index contributed by atoms with van der Waals surface area (Å²) < 4.78 is 18.3. The lowest BCUT2D eigenvalue weighted by Gasteiger charge is -2.39. The van der Waals surface area contributed by atoms with Gasteiger partial charge >= 0.3 is 0 Å². The molecule has 2 saturated carbocycles. The molecule has 1 aromatic carbocycles. The molecular formula is C17H22FNO3. The van der Waals surface area contributed by atoms with Crippen LogP contribution in [0.15, 0.2) is 24.3 Å². The Hall–Kier alpha value is -1.46. The van der Waals surface area contributed by atoms with Crippen LogP contribution >= 0.6 is 0 Å². The molecule has 1 unspecified atom stereocenters. The van der Waals surface area contributed by atoms with E-state index in [2.05, 4.69) is 5.32 Å². The maximum atomic E-state index is 13.1. The molecule has 0 aromatic heterocycles. The van der Waals surface area contributed by atoms with E-state index in [9.17, 15) is 14.3 Å². The lowest BCUT2D eigenvalue weighted by Crippen LogP contribution is -2.44. The molecule has 0 heterocycles. The van der Waals surface area contributed by atoms with Crippen LogP contribution in [0.2, 0.25) is 0 Å². The van der Waals surface area contributed by atoms with Gasteiger partial charge < -0.3 is 15.2 Å². The average Bonchev–Trinajstić information content (AvgIpc) is 3.24. The van der Waals surface area contributed by atoms with Gasteiger partial charge in [-0.1, -0.05) is 12.1 Å². The van der Waals surface area contributed by atoms with Crippen LogP contribution in [0.25, 0.3) is 0 Å². The summed E-state index contributed by atoms with van der Waals surface area (Å²) in [5.41, 5.74) is 0.495. The summed E-state index contributed by atoms with van der Waals surface area (Å²) in [6.07, 6.45) is 2.73. The number of carbonyl (C=O) groups is 1. The topological polar surface area (TPSA) is 58.6 Å². The van der Waals surface area contributed by atoms with Crippen molar-refractivity contribution in [1.29, 1.82) is 0 Å². The summed E-state index contributed by atoms with van der Waals surface area (Å²) in [7, 11) is 1.60. The van der Waals surface area contributed by atoms with Crippen molar-refractivity contribution in [3.8, 4) is 0 Å². The number of aliphatic hydroxyl groups is 1. The third-order valence-corrected chi connectivity index (χ3v) is 4.89. The summed E-state index contributed by atoms with van der Waals surface area (Å²) in [6.45, 7) is 0.433. The van der Waals surface area contributed by atoms with E-state index in [0.29, 0.717) is 19.4 Å². The lowest BCUT2D eigenvalue weighted by atomic mass is 9.75. The number of hydrogen-bond donors (Lipinski definition) is 2. The summed E-state index contributed by atoms with van der Waals surface area (Å²) in [5, 5.41) is 12.7. The molecule has 2 aliphatic rings. The molecule has 5 heteroatoms. The van der Waals surface area contributed by atoms with Crippen LogP contribution in [0.3, 0.4) is 0 Å². The van der Waals surface area contributed by atoms with Crippen molar-refractivity contribution in [2.45, 2.75) is 37.8 Å². The number of hydrogen-bond acceptors (Lipinski definition) is 3. The Balaban J connectivity index is 1.74. The van der Waals surface area contributed by atoms with Gasteiger partial charge in [0.25, 0.3) is 0 Å². The monoisotopic (exact) mass is 307 g/mol. The number of amides is 1. The van der Waals surface area contributed by atoms with Gasteiger partial charge in [-0.3, -0.25) is 4.79 Å².